The summed E-state index contributed by atoms with van der Waals surface area (Å²) < 4.78 is 4.73. The van der Waals surface area contributed by atoms with Crippen LogP contribution in [0.1, 0.15) is 0 Å². The van der Waals surface area contributed by atoms with Crippen LogP contribution in [-0.4, -0.2) is 6.73 Å². The van der Waals surface area contributed by atoms with Crippen LogP contribution in [0.2, 0.25) is 0 Å². The van der Waals surface area contributed by atoms with Crippen LogP contribution >= 0.6 is 12.0 Å². The fourth-order valence-corrected chi connectivity index (χ4v) is 0.547. The summed E-state index contributed by atoms with van der Waals surface area (Å²) in [5, 5.41) is 5.55. The zero-order chi connectivity index (χ0) is 4.24. The molecule has 3 heteroatoms. The molecule has 0 amide bonds. The molecule has 0 aromatic heterocycles. The molecule has 1 aliphatic rings. The molecule has 0 aromatic rings. The highest BCUT2D eigenvalue weighted by Crippen LogP contribution is 2.05. The molecule has 1 heterocycles. The lowest BCUT2D eigenvalue weighted by molar-refractivity contribution is 0.349. The van der Waals surface area contributed by atoms with Gasteiger partial charge in [0.05, 0.1) is 0 Å². The Morgan fingerprint density at radius 2 is 2.83 bits per heavy atom. The third-order valence-electron chi connectivity index (χ3n) is 0.417. The van der Waals surface area contributed by atoms with Crippen molar-refractivity contribution in [2.24, 2.45) is 0 Å². The van der Waals surface area contributed by atoms with Crippen molar-refractivity contribution in [2.75, 3.05) is 6.73 Å². The molecule has 0 saturated heterocycles. The van der Waals surface area contributed by atoms with E-state index in [-0.39, 0.29) is 0 Å². The average Bonchev–Trinajstić information content (AvgIpc) is 1.72. The SMILES string of the molecule is C1=CSOC[N]1. The summed E-state index contributed by atoms with van der Waals surface area (Å²) in [6.07, 6.45) is 1.73. The normalized spacial score (nSPS) is 20.0. The maximum Gasteiger partial charge on any atom is 0.151 e. The molecule has 0 aliphatic carbocycles. The lowest BCUT2D eigenvalue weighted by Gasteiger charge is -1.99. The van der Waals surface area contributed by atoms with Crippen molar-refractivity contribution in [3.05, 3.63) is 11.6 Å². The third-order valence-corrected chi connectivity index (χ3v) is 0.891. The number of hydrogen-bond acceptors (Lipinski definition) is 2. The molecule has 0 aromatic carbocycles. The van der Waals surface area contributed by atoms with Gasteiger partial charge in [0.25, 0.3) is 0 Å². The van der Waals surface area contributed by atoms with Gasteiger partial charge in [-0.2, -0.15) is 0 Å². The maximum absolute atomic E-state index is 4.73. The van der Waals surface area contributed by atoms with Gasteiger partial charge in [-0.15, -0.1) is 0 Å². The molecule has 0 saturated carbocycles. The Bertz CT molecular complexity index is 55.8. The predicted molar refractivity (Wildman–Crippen MR) is 24.8 cm³/mol. The molecular weight excluding hydrogens is 98.1 g/mol. The smallest absolute Gasteiger partial charge is 0.151 e. The van der Waals surface area contributed by atoms with E-state index in [2.05, 4.69) is 5.32 Å². The lowest BCUT2D eigenvalue weighted by atomic mass is 11.0. The largest absolute Gasteiger partial charge is 0.288 e. The molecule has 0 atom stereocenters. The summed E-state index contributed by atoms with van der Waals surface area (Å²) in [5.74, 6) is 0. The molecular formula is C3H4NOS. The molecule has 2 nitrogen and oxygen atoms in total. The molecule has 1 radical (unpaired) electrons. The number of hydrogen-bond donors (Lipinski definition) is 0. The van der Waals surface area contributed by atoms with Crippen LogP contribution in [-0.2, 0) is 4.18 Å². The second kappa shape index (κ2) is 2.10. The average molecular weight is 102 g/mol. The molecule has 0 unspecified atom stereocenters. The minimum Gasteiger partial charge on any atom is -0.288 e. The summed E-state index contributed by atoms with van der Waals surface area (Å²) in [6.45, 7) is 0.501. The van der Waals surface area contributed by atoms with E-state index in [4.69, 9.17) is 4.18 Å². The standard InChI is InChI=1S/C3H4NOS/c1-2-6-5-3-4-1/h1-2H,3H2. The van der Waals surface area contributed by atoms with E-state index in [1.54, 1.807) is 11.6 Å². The lowest BCUT2D eigenvalue weighted by Crippen LogP contribution is -2.01. The van der Waals surface area contributed by atoms with E-state index < -0.39 is 0 Å². The molecule has 33 valence electrons. The Morgan fingerprint density at radius 1 is 1.83 bits per heavy atom. The fourth-order valence-electron chi connectivity index (χ4n) is 0.211. The molecule has 1 aliphatic heterocycles. The maximum atomic E-state index is 4.73. The van der Waals surface area contributed by atoms with Crippen LogP contribution in [0.5, 0.6) is 0 Å². The highest BCUT2D eigenvalue weighted by molar-refractivity contribution is 7.97. The summed E-state index contributed by atoms with van der Waals surface area (Å²) in [6, 6.07) is 0. The van der Waals surface area contributed by atoms with Crippen LogP contribution in [0, 0.1) is 0 Å². The summed E-state index contributed by atoms with van der Waals surface area (Å²) in [5.41, 5.74) is 0. The van der Waals surface area contributed by atoms with Crippen molar-refractivity contribution in [3.8, 4) is 0 Å². The minimum absolute atomic E-state index is 0.501. The van der Waals surface area contributed by atoms with Crippen LogP contribution in [0.3, 0.4) is 0 Å². The van der Waals surface area contributed by atoms with E-state index >= 15 is 0 Å². The van der Waals surface area contributed by atoms with E-state index in [0.29, 0.717) is 6.73 Å². The van der Waals surface area contributed by atoms with Crippen molar-refractivity contribution in [2.45, 2.75) is 0 Å². The van der Waals surface area contributed by atoms with Crippen molar-refractivity contribution in [1.29, 1.82) is 0 Å². The molecule has 0 spiro atoms. The predicted octanol–water partition coefficient (Wildman–Crippen LogP) is 0.698. The van der Waals surface area contributed by atoms with E-state index in [9.17, 15) is 0 Å². The summed E-state index contributed by atoms with van der Waals surface area (Å²) in [4.78, 5) is 0. The first kappa shape index (κ1) is 4.02. The quantitative estimate of drug-likeness (QED) is 0.420. The van der Waals surface area contributed by atoms with E-state index in [1.165, 1.54) is 12.0 Å². The van der Waals surface area contributed by atoms with E-state index in [1.807, 2.05) is 0 Å². The van der Waals surface area contributed by atoms with Crippen molar-refractivity contribution >= 4 is 12.0 Å². The van der Waals surface area contributed by atoms with Gasteiger partial charge in [0.15, 0.2) is 6.73 Å². The summed E-state index contributed by atoms with van der Waals surface area (Å²) in [7, 11) is 0. The second-order valence-corrected chi connectivity index (χ2v) is 1.51. The Balaban J connectivity index is 2.26. The van der Waals surface area contributed by atoms with Gasteiger partial charge in [-0.25, -0.2) is 0 Å². The van der Waals surface area contributed by atoms with Crippen molar-refractivity contribution in [3.63, 3.8) is 0 Å². The monoisotopic (exact) mass is 102 g/mol. The zero-order valence-corrected chi connectivity index (χ0v) is 3.94. The highest BCUT2D eigenvalue weighted by Gasteiger charge is 1.87. The number of rotatable bonds is 0. The van der Waals surface area contributed by atoms with Crippen molar-refractivity contribution in [1.82, 2.24) is 5.32 Å². The topological polar surface area (TPSA) is 23.3 Å². The zero-order valence-electron chi connectivity index (χ0n) is 3.13. The first-order valence-electron chi connectivity index (χ1n) is 1.60. The Hall–Kier alpha value is -0.150. The van der Waals surface area contributed by atoms with Gasteiger partial charge >= 0.3 is 0 Å². The molecule has 0 bridgehead atoms. The van der Waals surface area contributed by atoms with Gasteiger partial charge in [0.2, 0.25) is 0 Å². The second-order valence-electron chi connectivity index (χ2n) is 0.811. The molecule has 1 rings (SSSR count). The van der Waals surface area contributed by atoms with E-state index in [0.717, 1.165) is 0 Å². The third kappa shape index (κ3) is 0.914. The van der Waals surface area contributed by atoms with Gasteiger partial charge in [0.1, 0.15) is 0 Å². The Kier molecular flexibility index (Phi) is 1.41. The van der Waals surface area contributed by atoms with Crippen LogP contribution in [0.25, 0.3) is 0 Å². The summed E-state index contributed by atoms with van der Waals surface area (Å²) >= 11 is 1.32. The van der Waals surface area contributed by atoms with Gasteiger partial charge in [-0.3, -0.25) is 9.50 Å². The van der Waals surface area contributed by atoms with Gasteiger partial charge in [-0.1, -0.05) is 0 Å². The van der Waals surface area contributed by atoms with Gasteiger partial charge in [-0.05, 0) is 0 Å². The van der Waals surface area contributed by atoms with Gasteiger partial charge in [0, 0.05) is 23.7 Å². The van der Waals surface area contributed by atoms with Crippen molar-refractivity contribution < 1.29 is 4.18 Å². The minimum atomic E-state index is 0.501. The van der Waals surface area contributed by atoms with Crippen LogP contribution < -0.4 is 5.32 Å². The highest BCUT2D eigenvalue weighted by atomic mass is 32.2. The number of nitrogens with zero attached hydrogens (tertiary/aromatic N) is 1. The van der Waals surface area contributed by atoms with Crippen LogP contribution in [0.15, 0.2) is 11.6 Å². The molecule has 0 fully saturated rings. The van der Waals surface area contributed by atoms with Gasteiger partial charge < -0.3 is 0 Å². The Morgan fingerprint density at radius 3 is 3.00 bits per heavy atom. The molecule has 6 heavy (non-hydrogen) atoms. The Labute approximate surface area is 40.8 Å². The first-order valence-corrected chi connectivity index (χ1v) is 2.40. The van der Waals surface area contributed by atoms with Crippen LogP contribution in [0.4, 0.5) is 0 Å². The fraction of sp³-hybridized carbons (Fsp3) is 0.333. The molecule has 0 N–H and O–H groups in total. The first-order chi connectivity index (χ1) is 3.00.